The molecule has 0 aromatic heterocycles. The quantitative estimate of drug-likeness (QED) is 0.487. The first-order valence-corrected chi connectivity index (χ1v) is 5.24. The summed E-state index contributed by atoms with van der Waals surface area (Å²) in [5, 5.41) is 1.98. The van der Waals surface area contributed by atoms with Crippen LogP contribution in [0.25, 0.3) is 0 Å². The van der Waals surface area contributed by atoms with E-state index in [4.69, 9.17) is 5.73 Å². The number of esters is 1. The maximum absolute atomic E-state index is 12.9. The van der Waals surface area contributed by atoms with Gasteiger partial charge in [0.25, 0.3) is 5.91 Å². The molecule has 0 heterocycles. The molecule has 0 spiro atoms. The topological polar surface area (TPSA) is 81.4 Å². The van der Waals surface area contributed by atoms with Gasteiger partial charge in [-0.3, -0.25) is 4.79 Å². The van der Waals surface area contributed by atoms with Crippen LogP contribution in [-0.4, -0.2) is 24.5 Å². The Labute approximate surface area is 106 Å². The fourth-order valence-electron chi connectivity index (χ4n) is 1.19. The zero-order chi connectivity index (χ0) is 14.6. The Morgan fingerprint density at radius 3 is 2.32 bits per heavy atom. The molecular formula is C11H11F3N2O3. The largest absolute Gasteiger partial charge is 0.464 e. The molecule has 104 valence electrons. The average Bonchev–Trinajstić information content (AvgIpc) is 2.35. The lowest BCUT2D eigenvalue weighted by molar-refractivity contribution is -0.146. The van der Waals surface area contributed by atoms with E-state index in [0.717, 1.165) is 0 Å². The molecule has 0 fully saturated rings. The Kier molecular flexibility index (Phi) is 4.87. The number of nitrogens with one attached hydrogen (secondary N) is 1. The summed E-state index contributed by atoms with van der Waals surface area (Å²) in [5.41, 5.74) is 4.89. The van der Waals surface area contributed by atoms with E-state index >= 15 is 0 Å². The molecule has 3 N–H and O–H groups in total. The predicted molar refractivity (Wildman–Crippen MR) is 59.6 cm³/mol. The monoisotopic (exact) mass is 276 g/mol. The van der Waals surface area contributed by atoms with Crippen molar-refractivity contribution >= 4 is 17.6 Å². The van der Waals surface area contributed by atoms with Crippen LogP contribution in [0.3, 0.4) is 0 Å². The van der Waals surface area contributed by atoms with Crippen molar-refractivity contribution in [2.75, 3.05) is 11.9 Å². The number of benzene rings is 1. The van der Waals surface area contributed by atoms with Gasteiger partial charge in [-0.05, 0) is 6.92 Å². The lowest BCUT2D eigenvalue weighted by atomic mass is 10.2. The van der Waals surface area contributed by atoms with Crippen LogP contribution in [0.4, 0.5) is 18.9 Å². The van der Waals surface area contributed by atoms with Crippen molar-refractivity contribution in [3.05, 3.63) is 29.6 Å². The third kappa shape index (κ3) is 3.68. The number of carbonyl (C=O) groups is 2. The molecule has 0 aliphatic rings. The van der Waals surface area contributed by atoms with Crippen LogP contribution >= 0.6 is 0 Å². The molecule has 1 aromatic rings. The second kappa shape index (κ2) is 6.19. The molecule has 5 nitrogen and oxygen atoms in total. The zero-order valence-electron chi connectivity index (χ0n) is 9.88. The summed E-state index contributed by atoms with van der Waals surface area (Å²) < 4.78 is 42.9. The van der Waals surface area contributed by atoms with Crippen molar-refractivity contribution in [3.8, 4) is 0 Å². The lowest BCUT2D eigenvalue weighted by Gasteiger charge is -2.11. The number of hydrogen-bond acceptors (Lipinski definition) is 4. The molecule has 0 aliphatic heterocycles. The predicted octanol–water partition coefficient (Wildman–Crippen LogP) is 0.933. The minimum atomic E-state index is -1.66. The Morgan fingerprint density at radius 2 is 1.84 bits per heavy atom. The van der Waals surface area contributed by atoms with E-state index in [2.05, 4.69) is 4.74 Å². The number of carbonyl (C=O) groups excluding carboxylic acids is 2. The van der Waals surface area contributed by atoms with Crippen LogP contribution in [0, 0.1) is 17.5 Å². The van der Waals surface area contributed by atoms with E-state index in [1.54, 1.807) is 0 Å². The van der Waals surface area contributed by atoms with Crippen molar-refractivity contribution in [2.24, 2.45) is 5.73 Å². The third-order valence-electron chi connectivity index (χ3n) is 2.07. The van der Waals surface area contributed by atoms with Crippen molar-refractivity contribution in [1.29, 1.82) is 0 Å². The zero-order valence-corrected chi connectivity index (χ0v) is 9.88. The van der Waals surface area contributed by atoms with Gasteiger partial charge in [0.2, 0.25) is 0 Å². The molecule has 1 rings (SSSR count). The fourth-order valence-corrected chi connectivity index (χ4v) is 1.19. The average molecular weight is 276 g/mol. The minimum Gasteiger partial charge on any atom is -0.464 e. The van der Waals surface area contributed by atoms with Gasteiger partial charge in [-0.25, -0.2) is 18.0 Å². The molecule has 19 heavy (non-hydrogen) atoms. The van der Waals surface area contributed by atoms with Crippen LogP contribution in [0.1, 0.15) is 6.92 Å². The number of halogens is 3. The minimum absolute atomic E-state index is 0.0274. The van der Waals surface area contributed by atoms with Crippen LogP contribution in [0.5, 0.6) is 0 Å². The van der Waals surface area contributed by atoms with Gasteiger partial charge in [0, 0.05) is 17.8 Å². The summed E-state index contributed by atoms with van der Waals surface area (Å²) in [4.78, 5) is 22.6. The Bertz CT molecular complexity index is 485. The molecule has 1 aromatic carbocycles. The summed E-state index contributed by atoms with van der Waals surface area (Å²) in [5.74, 6) is -6.61. The molecule has 0 bridgehead atoms. The van der Waals surface area contributed by atoms with Gasteiger partial charge in [0.05, 0.1) is 6.61 Å². The molecule has 1 unspecified atom stereocenters. The summed E-state index contributed by atoms with van der Waals surface area (Å²) >= 11 is 0. The van der Waals surface area contributed by atoms with Gasteiger partial charge in [0.1, 0.15) is 0 Å². The van der Waals surface area contributed by atoms with Gasteiger partial charge < -0.3 is 15.8 Å². The number of ether oxygens (including phenoxy) is 1. The van der Waals surface area contributed by atoms with Crippen molar-refractivity contribution in [2.45, 2.75) is 13.0 Å². The Morgan fingerprint density at radius 1 is 1.32 bits per heavy atom. The number of anilines is 1. The van der Waals surface area contributed by atoms with E-state index in [9.17, 15) is 22.8 Å². The maximum Gasteiger partial charge on any atom is 0.332 e. The molecule has 8 heteroatoms. The smallest absolute Gasteiger partial charge is 0.332 e. The SMILES string of the molecule is CCOC(=O)C(N)C(=O)Nc1cc(F)c(F)c(F)c1. The number of nitrogens with two attached hydrogens (primary N) is 1. The maximum atomic E-state index is 12.9. The van der Waals surface area contributed by atoms with Crippen molar-refractivity contribution < 1.29 is 27.5 Å². The number of amides is 1. The van der Waals surface area contributed by atoms with Gasteiger partial charge in [0.15, 0.2) is 23.5 Å². The highest BCUT2D eigenvalue weighted by molar-refractivity contribution is 6.08. The molecular weight excluding hydrogens is 265 g/mol. The fraction of sp³-hybridized carbons (Fsp3) is 0.273. The lowest BCUT2D eigenvalue weighted by Crippen LogP contribution is -2.43. The molecule has 0 saturated heterocycles. The Balaban J connectivity index is 2.80. The second-order valence-electron chi connectivity index (χ2n) is 3.47. The molecule has 1 atom stereocenters. The number of hydrogen-bond donors (Lipinski definition) is 2. The third-order valence-corrected chi connectivity index (χ3v) is 2.07. The van der Waals surface area contributed by atoms with Gasteiger partial charge in [-0.1, -0.05) is 0 Å². The van der Waals surface area contributed by atoms with E-state index in [1.807, 2.05) is 5.32 Å². The van der Waals surface area contributed by atoms with Crippen LogP contribution < -0.4 is 11.1 Å². The summed E-state index contributed by atoms with van der Waals surface area (Å²) in [6, 6.07) is -0.515. The van der Waals surface area contributed by atoms with E-state index in [1.165, 1.54) is 6.92 Å². The highest BCUT2D eigenvalue weighted by Gasteiger charge is 2.24. The van der Waals surface area contributed by atoms with Crippen LogP contribution in [-0.2, 0) is 14.3 Å². The van der Waals surface area contributed by atoms with E-state index < -0.39 is 35.4 Å². The first-order valence-electron chi connectivity index (χ1n) is 5.24. The highest BCUT2D eigenvalue weighted by atomic mass is 19.2. The standard InChI is InChI=1S/C11H11F3N2O3/c1-2-19-11(18)9(15)10(17)16-5-3-6(12)8(14)7(13)4-5/h3-4,9H,2,15H2,1H3,(H,16,17). The normalized spacial score (nSPS) is 11.8. The Hall–Kier alpha value is -2.09. The molecule has 1 amide bonds. The van der Waals surface area contributed by atoms with Crippen molar-refractivity contribution in [3.63, 3.8) is 0 Å². The summed E-state index contributed by atoms with van der Waals surface area (Å²) in [6.45, 7) is 1.55. The summed E-state index contributed by atoms with van der Waals surface area (Å²) in [6.07, 6.45) is 0. The first kappa shape index (κ1) is 15.0. The van der Waals surface area contributed by atoms with Crippen LogP contribution in [0.15, 0.2) is 12.1 Å². The summed E-state index contributed by atoms with van der Waals surface area (Å²) in [7, 11) is 0. The molecule has 0 saturated carbocycles. The van der Waals surface area contributed by atoms with Crippen LogP contribution in [0.2, 0.25) is 0 Å². The van der Waals surface area contributed by atoms with E-state index in [0.29, 0.717) is 12.1 Å². The second-order valence-corrected chi connectivity index (χ2v) is 3.47. The van der Waals surface area contributed by atoms with Crippen molar-refractivity contribution in [1.82, 2.24) is 0 Å². The van der Waals surface area contributed by atoms with Gasteiger partial charge in [-0.2, -0.15) is 0 Å². The van der Waals surface area contributed by atoms with Gasteiger partial charge in [-0.15, -0.1) is 0 Å². The molecule has 0 aliphatic carbocycles. The highest BCUT2D eigenvalue weighted by Crippen LogP contribution is 2.17. The first-order chi connectivity index (χ1) is 8.86. The van der Waals surface area contributed by atoms with Gasteiger partial charge >= 0.3 is 5.97 Å². The van der Waals surface area contributed by atoms with E-state index in [-0.39, 0.29) is 12.3 Å². The number of rotatable bonds is 4. The molecule has 0 radical (unpaired) electrons.